The second kappa shape index (κ2) is 10.1. The van der Waals surface area contributed by atoms with Gasteiger partial charge in [0.2, 0.25) is 5.91 Å². The van der Waals surface area contributed by atoms with Gasteiger partial charge in [0.1, 0.15) is 0 Å². The topological polar surface area (TPSA) is 75.2 Å². The number of nitrogens with zero attached hydrogens (tertiary/aromatic N) is 3. The minimum atomic E-state index is -0.167. The van der Waals surface area contributed by atoms with E-state index in [9.17, 15) is 9.59 Å². The number of carbonyl (C=O) groups is 2. The Morgan fingerprint density at radius 2 is 1.91 bits per heavy atom. The highest BCUT2D eigenvalue weighted by Gasteiger charge is 2.27. The van der Waals surface area contributed by atoms with E-state index < -0.39 is 0 Å². The van der Waals surface area contributed by atoms with Crippen LogP contribution in [0.25, 0.3) is 11.3 Å². The predicted molar refractivity (Wildman–Crippen MR) is 130 cm³/mol. The SMILES string of the molecule is CC(=O)N(CC1CC1)c1ccc(-c2ccc(C(=O)NCCc3ccc(C)nc3)cn2)cc1Cl. The molecule has 0 bridgehead atoms. The molecule has 1 aromatic carbocycles. The molecule has 4 rings (SSSR count). The van der Waals surface area contributed by atoms with Crippen LogP contribution < -0.4 is 10.2 Å². The van der Waals surface area contributed by atoms with Gasteiger partial charge in [0.25, 0.3) is 5.91 Å². The van der Waals surface area contributed by atoms with E-state index in [2.05, 4.69) is 15.3 Å². The van der Waals surface area contributed by atoms with Gasteiger partial charge in [-0.15, -0.1) is 0 Å². The Morgan fingerprint density at radius 3 is 2.52 bits per heavy atom. The molecule has 0 radical (unpaired) electrons. The summed E-state index contributed by atoms with van der Waals surface area (Å²) in [5.74, 6) is 0.391. The molecule has 0 saturated heterocycles. The lowest BCUT2D eigenvalue weighted by molar-refractivity contribution is -0.116. The summed E-state index contributed by atoms with van der Waals surface area (Å²) in [7, 11) is 0. The minimum Gasteiger partial charge on any atom is -0.352 e. The Kier molecular flexibility index (Phi) is 7.04. The van der Waals surface area contributed by atoms with E-state index in [0.717, 1.165) is 35.3 Å². The third-order valence-electron chi connectivity index (χ3n) is 5.75. The van der Waals surface area contributed by atoms with Gasteiger partial charge < -0.3 is 10.2 Å². The van der Waals surface area contributed by atoms with Crippen molar-refractivity contribution >= 4 is 29.1 Å². The van der Waals surface area contributed by atoms with E-state index >= 15 is 0 Å². The molecular weight excluding hydrogens is 436 g/mol. The summed E-state index contributed by atoms with van der Waals surface area (Å²) in [6, 6.07) is 13.1. The van der Waals surface area contributed by atoms with Crippen molar-refractivity contribution in [2.75, 3.05) is 18.0 Å². The summed E-state index contributed by atoms with van der Waals surface area (Å²) in [6.07, 6.45) is 6.43. The van der Waals surface area contributed by atoms with Crippen molar-refractivity contribution in [3.63, 3.8) is 0 Å². The number of amides is 2. The van der Waals surface area contributed by atoms with Crippen LogP contribution in [0.4, 0.5) is 5.69 Å². The molecule has 2 amide bonds. The highest BCUT2D eigenvalue weighted by Crippen LogP contribution is 2.35. The molecule has 2 aromatic heterocycles. The van der Waals surface area contributed by atoms with Gasteiger partial charge in [0, 0.05) is 43.7 Å². The summed E-state index contributed by atoms with van der Waals surface area (Å²) in [5, 5.41) is 3.43. The number of hydrogen-bond donors (Lipinski definition) is 1. The van der Waals surface area contributed by atoms with Crippen LogP contribution in [0.2, 0.25) is 5.02 Å². The number of carbonyl (C=O) groups excluding carboxylic acids is 2. The van der Waals surface area contributed by atoms with Crippen LogP contribution in [-0.2, 0) is 11.2 Å². The van der Waals surface area contributed by atoms with E-state index in [1.54, 1.807) is 30.2 Å². The Labute approximate surface area is 199 Å². The molecule has 3 aromatic rings. The lowest BCUT2D eigenvalue weighted by Crippen LogP contribution is -2.30. The zero-order chi connectivity index (χ0) is 23.4. The van der Waals surface area contributed by atoms with E-state index in [0.29, 0.717) is 41.7 Å². The number of rotatable bonds is 8. The normalized spacial score (nSPS) is 12.9. The first-order valence-corrected chi connectivity index (χ1v) is 11.5. The average molecular weight is 463 g/mol. The Hall–Kier alpha value is -3.25. The largest absolute Gasteiger partial charge is 0.352 e. The third-order valence-corrected chi connectivity index (χ3v) is 6.05. The number of hydrogen-bond acceptors (Lipinski definition) is 4. The number of nitrogens with one attached hydrogen (secondary N) is 1. The highest BCUT2D eigenvalue weighted by atomic mass is 35.5. The van der Waals surface area contributed by atoms with Crippen LogP contribution in [0.1, 0.15) is 41.4 Å². The second-order valence-electron chi connectivity index (χ2n) is 8.49. The fourth-order valence-corrected chi connectivity index (χ4v) is 3.89. The second-order valence-corrected chi connectivity index (χ2v) is 8.89. The van der Waals surface area contributed by atoms with Crippen LogP contribution >= 0.6 is 11.6 Å². The minimum absolute atomic E-state index is 0.0105. The molecule has 0 unspecified atom stereocenters. The molecule has 2 heterocycles. The quantitative estimate of drug-likeness (QED) is 0.519. The predicted octanol–water partition coefficient (Wildman–Crippen LogP) is 4.84. The summed E-state index contributed by atoms with van der Waals surface area (Å²) < 4.78 is 0. The summed E-state index contributed by atoms with van der Waals surface area (Å²) in [6.45, 7) is 4.74. The van der Waals surface area contributed by atoms with E-state index in [4.69, 9.17) is 11.6 Å². The molecule has 7 heteroatoms. The molecule has 6 nitrogen and oxygen atoms in total. The maximum absolute atomic E-state index is 12.4. The molecular formula is C26H27ClN4O2. The third kappa shape index (κ3) is 5.96. The number of pyridine rings is 2. The van der Waals surface area contributed by atoms with Crippen LogP contribution in [0.3, 0.4) is 0 Å². The van der Waals surface area contributed by atoms with Gasteiger partial charge in [0.05, 0.1) is 22.0 Å². The fourth-order valence-electron chi connectivity index (χ4n) is 3.61. The van der Waals surface area contributed by atoms with Crippen molar-refractivity contribution in [2.45, 2.75) is 33.1 Å². The van der Waals surface area contributed by atoms with Crippen LogP contribution in [-0.4, -0.2) is 34.9 Å². The summed E-state index contributed by atoms with van der Waals surface area (Å²) in [4.78, 5) is 35.0. The van der Waals surface area contributed by atoms with E-state index in [1.165, 1.54) is 0 Å². The van der Waals surface area contributed by atoms with Crippen molar-refractivity contribution in [3.05, 3.63) is 76.7 Å². The summed E-state index contributed by atoms with van der Waals surface area (Å²) >= 11 is 6.53. The van der Waals surface area contributed by atoms with Gasteiger partial charge in [0.15, 0.2) is 0 Å². The number of benzene rings is 1. The van der Waals surface area contributed by atoms with Crippen molar-refractivity contribution in [1.82, 2.24) is 15.3 Å². The molecule has 0 atom stereocenters. The highest BCUT2D eigenvalue weighted by molar-refractivity contribution is 6.34. The standard InChI is InChI=1S/C26H27ClN4O2/c1-17-3-4-19(14-29-17)11-12-28-26(33)22-7-9-24(30-15-22)21-8-10-25(23(27)13-21)31(18(2)32)16-20-5-6-20/h3-4,7-10,13-15,20H,5-6,11-12,16H2,1-2H3,(H,28,33). The maximum atomic E-state index is 12.4. The first-order valence-electron chi connectivity index (χ1n) is 11.1. The molecule has 1 saturated carbocycles. The Bertz CT molecular complexity index is 1140. The van der Waals surface area contributed by atoms with Crippen molar-refractivity contribution in [3.8, 4) is 11.3 Å². The van der Waals surface area contributed by atoms with Crippen molar-refractivity contribution < 1.29 is 9.59 Å². The number of aromatic nitrogens is 2. The van der Waals surface area contributed by atoms with Gasteiger partial charge in [-0.1, -0.05) is 23.7 Å². The first kappa shape index (κ1) is 22.9. The lowest BCUT2D eigenvalue weighted by Gasteiger charge is -2.22. The van der Waals surface area contributed by atoms with E-state index in [1.807, 2.05) is 43.5 Å². The number of halogens is 1. The molecule has 170 valence electrons. The molecule has 1 aliphatic carbocycles. The molecule has 0 aliphatic heterocycles. The Morgan fingerprint density at radius 1 is 1.09 bits per heavy atom. The van der Waals surface area contributed by atoms with Gasteiger partial charge >= 0.3 is 0 Å². The van der Waals surface area contributed by atoms with Gasteiger partial charge in [-0.3, -0.25) is 19.6 Å². The molecule has 33 heavy (non-hydrogen) atoms. The van der Waals surface area contributed by atoms with Crippen LogP contribution in [0.15, 0.2) is 54.9 Å². The van der Waals surface area contributed by atoms with Gasteiger partial charge in [-0.05, 0) is 68.0 Å². The monoisotopic (exact) mass is 462 g/mol. The maximum Gasteiger partial charge on any atom is 0.252 e. The average Bonchev–Trinajstić information content (AvgIpc) is 3.63. The smallest absolute Gasteiger partial charge is 0.252 e. The zero-order valence-electron chi connectivity index (χ0n) is 18.8. The van der Waals surface area contributed by atoms with Crippen molar-refractivity contribution in [2.24, 2.45) is 5.92 Å². The first-order chi connectivity index (χ1) is 15.9. The molecule has 1 aliphatic rings. The van der Waals surface area contributed by atoms with Crippen LogP contribution in [0.5, 0.6) is 0 Å². The van der Waals surface area contributed by atoms with Crippen molar-refractivity contribution in [1.29, 1.82) is 0 Å². The fraction of sp³-hybridized carbons (Fsp3) is 0.308. The molecule has 1 fully saturated rings. The zero-order valence-corrected chi connectivity index (χ0v) is 19.6. The number of aryl methyl sites for hydroxylation is 1. The lowest BCUT2D eigenvalue weighted by atomic mass is 10.1. The van der Waals surface area contributed by atoms with Gasteiger partial charge in [-0.25, -0.2) is 0 Å². The number of anilines is 1. The van der Waals surface area contributed by atoms with E-state index in [-0.39, 0.29) is 11.8 Å². The Balaban J connectivity index is 1.38. The molecule has 1 N–H and O–H groups in total. The summed E-state index contributed by atoms with van der Waals surface area (Å²) in [5.41, 5.74) is 4.81. The van der Waals surface area contributed by atoms with Gasteiger partial charge in [-0.2, -0.15) is 0 Å². The van der Waals surface area contributed by atoms with Crippen LogP contribution in [0, 0.1) is 12.8 Å². The molecule has 0 spiro atoms.